The molecule has 0 amide bonds. The molecule has 0 spiro atoms. The Morgan fingerprint density at radius 1 is 1.10 bits per heavy atom. The Morgan fingerprint density at radius 2 is 1.70 bits per heavy atom. The lowest BCUT2D eigenvalue weighted by Crippen LogP contribution is -2.44. The van der Waals surface area contributed by atoms with E-state index >= 15 is 0 Å². The van der Waals surface area contributed by atoms with E-state index in [1.165, 1.54) is 0 Å². The third-order valence-electron chi connectivity index (χ3n) is 2.83. The zero-order chi connectivity index (χ0) is 15.8. The minimum absolute atomic E-state index is 0.121. The first-order chi connectivity index (χ1) is 9.08. The molecule has 0 aliphatic carbocycles. The van der Waals surface area contributed by atoms with E-state index in [0.717, 1.165) is 0 Å². The van der Waals surface area contributed by atoms with Crippen LogP contribution in [-0.2, 0) is 9.13 Å². The number of nitrogens with one attached hydrogen (secondary N) is 1. The summed E-state index contributed by atoms with van der Waals surface area (Å²) in [7, 11) is -8.42. The molecule has 2 unspecified atom stereocenters. The summed E-state index contributed by atoms with van der Waals surface area (Å²) >= 11 is 0. The summed E-state index contributed by atoms with van der Waals surface area (Å²) in [5.74, 6) is 0. The summed E-state index contributed by atoms with van der Waals surface area (Å²) < 4.78 is 22.1. The molecule has 0 fully saturated rings. The maximum atomic E-state index is 11.4. The maximum Gasteiger partial charge on any atom is 0.330 e. The highest BCUT2D eigenvalue weighted by Gasteiger charge is 2.33. The minimum Gasteiger partial charge on any atom is -0.329 e. The summed E-state index contributed by atoms with van der Waals surface area (Å²) in [5.41, 5.74) is 10.0. The molecule has 0 radical (unpaired) electrons. The van der Waals surface area contributed by atoms with E-state index in [0.29, 0.717) is 19.5 Å². The van der Waals surface area contributed by atoms with Crippen molar-refractivity contribution < 1.29 is 28.7 Å². The van der Waals surface area contributed by atoms with Crippen LogP contribution in [0.1, 0.15) is 19.3 Å². The quantitative estimate of drug-likeness (QED) is 0.180. The molecule has 122 valence electrons. The lowest BCUT2D eigenvalue weighted by molar-refractivity contribution is 0.338. The normalized spacial score (nSPS) is 16.1. The molecule has 11 heteroatoms. The summed E-state index contributed by atoms with van der Waals surface area (Å²) in [6.45, 7) is 1.13. The molecule has 0 saturated heterocycles. The van der Waals surface area contributed by atoms with Gasteiger partial charge in [-0.05, 0) is 12.8 Å². The third-order valence-corrected chi connectivity index (χ3v) is 5.23. The molecular formula is C9H25N3O6P2. The van der Waals surface area contributed by atoms with Crippen molar-refractivity contribution >= 4 is 15.2 Å². The lowest BCUT2D eigenvalue weighted by Gasteiger charge is -2.25. The highest BCUT2D eigenvalue weighted by atomic mass is 31.2. The van der Waals surface area contributed by atoms with Gasteiger partial charge in [0.1, 0.15) is 0 Å². The highest BCUT2D eigenvalue weighted by molar-refractivity contribution is 7.52. The van der Waals surface area contributed by atoms with Gasteiger partial charge in [-0.3, -0.25) is 9.13 Å². The van der Waals surface area contributed by atoms with Gasteiger partial charge in [0.15, 0.2) is 0 Å². The van der Waals surface area contributed by atoms with E-state index in [4.69, 9.17) is 21.3 Å². The molecule has 20 heavy (non-hydrogen) atoms. The van der Waals surface area contributed by atoms with Crippen molar-refractivity contribution in [1.29, 1.82) is 0 Å². The van der Waals surface area contributed by atoms with Gasteiger partial charge in [-0.25, -0.2) is 0 Å². The van der Waals surface area contributed by atoms with Crippen LogP contribution >= 0.6 is 15.2 Å². The first-order valence-corrected chi connectivity index (χ1v) is 9.82. The predicted molar refractivity (Wildman–Crippen MR) is 76.5 cm³/mol. The smallest absolute Gasteiger partial charge is 0.329 e. The second-order valence-corrected chi connectivity index (χ2v) is 8.32. The van der Waals surface area contributed by atoms with Gasteiger partial charge in [-0.15, -0.1) is 0 Å². The fourth-order valence-corrected chi connectivity index (χ4v) is 3.57. The van der Waals surface area contributed by atoms with Gasteiger partial charge in [0.2, 0.25) is 0 Å². The van der Waals surface area contributed by atoms with Crippen LogP contribution in [0.4, 0.5) is 0 Å². The number of hydrogen-bond acceptors (Lipinski definition) is 5. The van der Waals surface area contributed by atoms with Crippen LogP contribution in [-0.4, -0.2) is 57.1 Å². The SMILES string of the molecule is NCCNCC(N)C(CCCCP(=O)(O)O)P(=O)(O)O. The highest BCUT2D eigenvalue weighted by Crippen LogP contribution is 2.45. The maximum absolute atomic E-state index is 11.4. The molecule has 0 rings (SSSR count). The van der Waals surface area contributed by atoms with Crippen molar-refractivity contribution in [2.75, 3.05) is 25.8 Å². The minimum atomic E-state index is -4.35. The molecular weight excluding hydrogens is 308 g/mol. The van der Waals surface area contributed by atoms with Crippen LogP contribution in [0, 0.1) is 0 Å². The summed E-state index contributed by atoms with van der Waals surface area (Å²) in [6, 6.07) is -0.738. The molecule has 0 aliphatic heterocycles. The molecule has 9 nitrogen and oxygen atoms in total. The van der Waals surface area contributed by atoms with E-state index in [2.05, 4.69) is 5.32 Å². The molecule has 0 aliphatic rings. The summed E-state index contributed by atoms with van der Waals surface area (Å²) in [4.78, 5) is 36.0. The van der Waals surface area contributed by atoms with Gasteiger partial charge < -0.3 is 36.4 Å². The summed E-state index contributed by atoms with van der Waals surface area (Å²) in [6.07, 6.45) is 0.326. The Morgan fingerprint density at radius 3 is 2.15 bits per heavy atom. The number of nitrogens with two attached hydrogens (primary N) is 2. The second kappa shape index (κ2) is 9.25. The first kappa shape index (κ1) is 20.2. The Bertz CT molecular complexity index is 358. The fraction of sp³-hybridized carbons (Fsp3) is 1.00. The zero-order valence-electron chi connectivity index (χ0n) is 11.3. The molecule has 2 atom stereocenters. The number of rotatable bonds is 11. The van der Waals surface area contributed by atoms with E-state index in [9.17, 15) is 18.9 Å². The van der Waals surface area contributed by atoms with Crippen LogP contribution < -0.4 is 16.8 Å². The van der Waals surface area contributed by atoms with Gasteiger partial charge in [0.05, 0.1) is 5.66 Å². The Kier molecular flexibility index (Phi) is 9.33. The topological polar surface area (TPSA) is 179 Å². The van der Waals surface area contributed by atoms with Crippen LogP contribution in [0.3, 0.4) is 0 Å². The van der Waals surface area contributed by atoms with Crippen LogP contribution in [0.15, 0.2) is 0 Å². The Labute approximate surface area is 118 Å². The molecule has 0 aromatic heterocycles. The van der Waals surface area contributed by atoms with Crippen molar-refractivity contribution in [3.8, 4) is 0 Å². The van der Waals surface area contributed by atoms with Gasteiger partial charge in [0.25, 0.3) is 0 Å². The monoisotopic (exact) mass is 333 g/mol. The van der Waals surface area contributed by atoms with Crippen LogP contribution in [0.5, 0.6) is 0 Å². The predicted octanol–water partition coefficient (Wildman–Crippen LogP) is -1.24. The van der Waals surface area contributed by atoms with Gasteiger partial charge in [-0.2, -0.15) is 0 Å². The van der Waals surface area contributed by atoms with Crippen molar-refractivity contribution in [3.63, 3.8) is 0 Å². The number of hydrogen-bond donors (Lipinski definition) is 7. The third kappa shape index (κ3) is 9.99. The van der Waals surface area contributed by atoms with Crippen molar-refractivity contribution in [2.24, 2.45) is 11.5 Å². The Hall–Kier alpha value is 0.180. The fourth-order valence-electron chi connectivity index (χ4n) is 1.81. The molecule has 0 bridgehead atoms. The average Bonchev–Trinajstić information content (AvgIpc) is 2.25. The largest absolute Gasteiger partial charge is 0.330 e. The van der Waals surface area contributed by atoms with E-state index in [-0.39, 0.29) is 25.5 Å². The van der Waals surface area contributed by atoms with E-state index < -0.39 is 26.9 Å². The van der Waals surface area contributed by atoms with Gasteiger partial charge in [0, 0.05) is 31.8 Å². The van der Waals surface area contributed by atoms with Crippen LogP contribution in [0.2, 0.25) is 0 Å². The average molecular weight is 333 g/mol. The molecule has 0 aromatic carbocycles. The van der Waals surface area contributed by atoms with E-state index in [1.54, 1.807) is 0 Å². The van der Waals surface area contributed by atoms with E-state index in [1.807, 2.05) is 0 Å². The molecule has 0 aromatic rings. The van der Waals surface area contributed by atoms with Crippen LogP contribution in [0.25, 0.3) is 0 Å². The first-order valence-electron chi connectivity index (χ1n) is 6.34. The Balaban J connectivity index is 4.29. The zero-order valence-corrected chi connectivity index (χ0v) is 13.0. The molecule has 9 N–H and O–H groups in total. The van der Waals surface area contributed by atoms with Crippen molar-refractivity contribution in [1.82, 2.24) is 5.32 Å². The molecule has 0 saturated carbocycles. The standard InChI is InChI=1S/C9H25N3O6P2/c10-4-5-12-7-8(11)9(20(16,17)18)3-1-2-6-19(13,14)15/h8-9,12H,1-7,10-11H2,(H2,13,14,15)(H2,16,17,18). The van der Waals surface area contributed by atoms with Crippen molar-refractivity contribution in [2.45, 2.75) is 31.0 Å². The molecule has 0 heterocycles. The summed E-state index contributed by atoms with van der Waals surface area (Å²) in [5, 5.41) is 2.88. The lowest BCUT2D eigenvalue weighted by atomic mass is 10.1. The number of unbranched alkanes of at least 4 members (excludes halogenated alkanes) is 1. The second-order valence-electron chi connectivity index (χ2n) is 4.70. The van der Waals surface area contributed by atoms with Gasteiger partial charge >= 0.3 is 15.2 Å². The van der Waals surface area contributed by atoms with Crippen molar-refractivity contribution in [3.05, 3.63) is 0 Å². The van der Waals surface area contributed by atoms with Gasteiger partial charge in [-0.1, -0.05) is 6.42 Å².